The van der Waals surface area contributed by atoms with Crippen molar-refractivity contribution in [3.05, 3.63) is 140 Å². The lowest BCUT2D eigenvalue weighted by Crippen LogP contribution is -2.49. The molecule has 13 heteroatoms. The molecule has 5 aliphatic carbocycles. The van der Waals surface area contributed by atoms with Crippen LogP contribution in [0.2, 0.25) is 0 Å². The van der Waals surface area contributed by atoms with Crippen molar-refractivity contribution in [3.63, 3.8) is 0 Å². The number of aryl methyl sites for hydroxylation is 2. The van der Waals surface area contributed by atoms with Crippen LogP contribution < -0.4 is 15.4 Å². The summed E-state index contributed by atoms with van der Waals surface area (Å²) in [6.07, 6.45) is 12.6. The fraction of sp³-hybridized carbons (Fsp3) is 0.463. The minimum atomic E-state index is -1.49. The fourth-order valence-corrected chi connectivity index (χ4v) is 14.9. The molecule has 0 radical (unpaired) electrons. The third-order valence-electron chi connectivity index (χ3n) is 19.0. The van der Waals surface area contributed by atoms with E-state index in [1.165, 1.54) is 0 Å². The second-order valence-electron chi connectivity index (χ2n) is 23.8. The maximum atomic E-state index is 16.6. The van der Waals surface area contributed by atoms with Gasteiger partial charge in [-0.1, -0.05) is 79.5 Å². The summed E-state index contributed by atoms with van der Waals surface area (Å²) in [5, 5.41) is 80.9. The Balaban J connectivity index is 1.13. The molecule has 10 atom stereocenters. The number of aromatic amines is 2. The van der Waals surface area contributed by atoms with Crippen LogP contribution in [0.25, 0.3) is 11.6 Å². The molecule has 6 bridgehead atoms. The van der Waals surface area contributed by atoms with E-state index in [0.29, 0.717) is 66.9 Å². The molecule has 7 aliphatic rings. The molecule has 2 saturated carbocycles. The van der Waals surface area contributed by atoms with Crippen molar-refractivity contribution >= 4 is 29.0 Å². The summed E-state index contributed by atoms with van der Waals surface area (Å²) in [4.78, 5) is 39.0. The third-order valence-corrected chi connectivity index (χ3v) is 19.0. The molecular weight excluding hydrogens is 1000 g/mol. The van der Waals surface area contributed by atoms with Crippen molar-refractivity contribution in [3.8, 4) is 40.9 Å². The number of aliphatic hydroxyl groups excluding tert-OH is 3. The number of rotatable bonds is 10. The minimum absolute atomic E-state index is 0.0598. The largest absolute Gasteiger partial charge is 0.507 e. The molecule has 0 amide bonds. The summed E-state index contributed by atoms with van der Waals surface area (Å²) in [5.41, 5.74) is 6.16. The number of phenols is 2. The van der Waals surface area contributed by atoms with Gasteiger partial charge in [-0.2, -0.15) is 0 Å². The highest BCUT2D eigenvalue weighted by Gasteiger charge is 2.53. The van der Waals surface area contributed by atoms with Crippen LogP contribution in [0.4, 0.5) is 5.82 Å². The van der Waals surface area contributed by atoms with Gasteiger partial charge in [0.1, 0.15) is 29.5 Å². The molecular formula is C67H74N4O9. The minimum Gasteiger partial charge on any atom is -0.507 e. The summed E-state index contributed by atoms with van der Waals surface area (Å²) in [6, 6.07) is 17.9. The number of fused-ring (bicyclic) bond motifs is 8. The van der Waals surface area contributed by atoms with E-state index in [9.17, 15) is 30.6 Å². The highest BCUT2D eigenvalue weighted by atomic mass is 16.5. The Morgan fingerprint density at radius 3 is 2.55 bits per heavy atom. The Hall–Kier alpha value is -6.84. The number of Topliss-reactive ketones (excluding diaryl/α,β-unsaturated/α-hetero) is 2. The van der Waals surface area contributed by atoms with Gasteiger partial charge in [0, 0.05) is 78.9 Å². The van der Waals surface area contributed by atoms with E-state index in [4.69, 9.17) is 4.74 Å². The van der Waals surface area contributed by atoms with Crippen molar-refractivity contribution in [2.45, 2.75) is 151 Å². The Kier molecular flexibility index (Phi) is 15.0. The molecule has 2 fully saturated rings. The zero-order valence-corrected chi connectivity index (χ0v) is 45.6. The Morgan fingerprint density at radius 1 is 0.863 bits per heavy atom. The molecule has 0 saturated heterocycles. The fourth-order valence-electron chi connectivity index (χ4n) is 14.9. The van der Waals surface area contributed by atoms with E-state index in [0.717, 1.165) is 77.6 Å². The molecule has 1 spiro atoms. The van der Waals surface area contributed by atoms with Gasteiger partial charge in [0.15, 0.2) is 17.3 Å². The molecule has 2 aliphatic heterocycles. The maximum absolute atomic E-state index is 16.6. The van der Waals surface area contributed by atoms with Crippen molar-refractivity contribution < 1.29 is 45.0 Å². The SMILES string of the molecule is CCCNC[C@@H]1C#C[C@H]2Nc3[nH]ccc3Cc3cc4ccc3[C@@]3(CCC[C@@H]3C#CCC3=C2[C@@H](C(=O)[C@H](CCO)C(=O)CCc2cc(OC5CCCC5)c(O)c(c2)[C@@H]4O)[C@H](C[C@]2(O)C=Cc4c(O)cccc4CC2)c2cc[nH]c23)[C@H]1O. The first kappa shape index (κ1) is 53.8. The quantitative estimate of drug-likeness (QED) is 0.0361. The first-order valence-electron chi connectivity index (χ1n) is 29.3. The summed E-state index contributed by atoms with van der Waals surface area (Å²) < 4.78 is 6.54. The summed E-state index contributed by atoms with van der Waals surface area (Å²) in [5.74, 6) is 10.7. The second kappa shape index (κ2) is 22.2. The number of anilines is 1. The van der Waals surface area contributed by atoms with Crippen LogP contribution >= 0.6 is 0 Å². The van der Waals surface area contributed by atoms with Crippen molar-refractivity contribution in [1.29, 1.82) is 0 Å². The monoisotopic (exact) mass is 1080 g/mol. The first-order valence-corrected chi connectivity index (χ1v) is 29.3. The molecule has 416 valence electrons. The standard InChI is InChI=1S/C67H74N4O9/c1-2-29-68-38-43-17-19-54-58-50-13-6-9-45-10-7-26-67(45,64(43)78)53-18-16-41(35-44(53)36-42-23-30-70-65(42)71-54)61(75)51-33-39(34-57(62(51)76)80-46-11-3-4-12-46)15-20-56(74)49(25-32-72)63(77)59(58)52(48-24-31-69-60(48)50)37-66(79)27-21-40-8-5-14-55(73)47(40)22-28-66/h5,8,14,16,18,22-24,28,30-31,33-35,43,45-46,49,52,54,59,61,64,68-73,75-76,78-79H,2-4,7,10-13,15,20-21,25-27,29,32,36-38H2,1H3/t43-,45-,49+,52+,54+,59-,61+,64-,66+,67-/m0/s1. The lowest BCUT2D eigenvalue weighted by Gasteiger charge is -2.43. The number of benzene rings is 3. The summed E-state index contributed by atoms with van der Waals surface area (Å²) >= 11 is 0. The van der Waals surface area contributed by atoms with Gasteiger partial charge in [-0.25, -0.2) is 0 Å². The topological polar surface area (TPSA) is 220 Å². The van der Waals surface area contributed by atoms with Gasteiger partial charge in [-0.05, 0) is 164 Å². The van der Waals surface area contributed by atoms with Crippen LogP contribution in [-0.2, 0) is 34.3 Å². The average Bonchev–Trinajstić information content (AvgIpc) is 4.32. The van der Waals surface area contributed by atoms with Gasteiger partial charge >= 0.3 is 0 Å². The van der Waals surface area contributed by atoms with Gasteiger partial charge in [0.2, 0.25) is 0 Å². The van der Waals surface area contributed by atoms with Crippen LogP contribution in [0.3, 0.4) is 0 Å². The Bertz CT molecular complexity index is 3390. The molecule has 13 nitrogen and oxygen atoms in total. The molecule has 80 heavy (non-hydrogen) atoms. The summed E-state index contributed by atoms with van der Waals surface area (Å²) in [6.45, 7) is 2.71. The van der Waals surface area contributed by atoms with Crippen LogP contribution in [0.5, 0.6) is 17.2 Å². The predicted octanol–water partition coefficient (Wildman–Crippen LogP) is 9.00. The molecule has 10 N–H and O–H groups in total. The lowest BCUT2D eigenvalue weighted by molar-refractivity contribution is -0.135. The zero-order valence-electron chi connectivity index (χ0n) is 45.6. The Morgan fingerprint density at radius 2 is 1.71 bits per heavy atom. The van der Waals surface area contributed by atoms with Gasteiger partial charge in [0.05, 0.1) is 35.6 Å². The van der Waals surface area contributed by atoms with E-state index >= 15 is 9.59 Å². The van der Waals surface area contributed by atoms with Crippen molar-refractivity contribution in [2.75, 3.05) is 25.0 Å². The molecule has 2 aromatic heterocycles. The molecule has 4 heterocycles. The number of phenolic OH excluding ortho intramolecular Hbond substituents is 2. The van der Waals surface area contributed by atoms with Gasteiger partial charge in [0.25, 0.3) is 0 Å². The summed E-state index contributed by atoms with van der Waals surface area (Å²) in [7, 11) is 0. The average molecular weight is 1080 g/mol. The van der Waals surface area contributed by atoms with E-state index in [2.05, 4.69) is 57.3 Å². The molecule has 3 aromatic carbocycles. The van der Waals surface area contributed by atoms with Gasteiger partial charge in [-0.15, -0.1) is 0 Å². The number of aliphatic hydroxyl groups is 4. The number of ether oxygens (including phenoxy) is 1. The van der Waals surface area contributed by atoms with Crippen molar-refractivity contribution in [1.82, 2.24) is 15.3 Å². The zero-order chi connectivity index (χ0) is 55.3. The smallest absolute Gasteiger partial charge is 0.163 e. The van der Waals surface area contributed by atoms with E-state index in [-0.39, 0.29) is 79.1 Å². The lowest BCUT2D eigenvalue weighted by atomic mass is 9.62. The van der Waals surface area contributed by atoms with E-state index < -0.39 is 65.3 Å². The molecule has 5 aromatic rings. The van der Waals surface area contributed by atoms with Crippen LogP contribution in [0, 0.1) is 47.4 Å². The first-order chi connectivity index (χ1) is 38.9. The number of carbonyl (C=O) groups excluding carboxylic acids is 2. The third kappa shape index (κ3) is 9.79. The van der Waals surface area contributed by atoms with Gasteiger partial charge < -0.3 is 56.0 Å². The normalized spacial score (nSPS) is 29.0. The number of nitrogens with one attached hydrogen (secondary N) is 4. The number of ketones is 2. The number of carbonyl (C=O) groups is 2. The highest BCUT2D eigenvalue weighted by Crippen LogP contribution is 2.55. The van der Waals surface area contributed by atoms with Crippen LogP contribution in [-0.4, -0.2) is 95.7 Å². The number of aromatic hydroxyl groups is 2. The van der Waals surface area contributed by atoms with E-state index in [1.807, 2.05) is 42.7 Å². The number of hydrogen-bond donors (Lipinski definition) is 10. The number of hydrogen-bond acceptors (Lipinski definition) is 11. The Labute approximate surface area is 468 Å². The van der Waals surface area contributed by atoms with Gasteiger partial charge in [-0.3, -0.25) is 9.59 Å². The van der Waals surface area contributed by atoms with Crippen molar-refractivity contribution in [2.24, 2.45) is 23.7 Å². The number of aromatic nitrogens is 2. The number of allylic oxidation sites excluding steroid dienone is 1. The second-order valence-corrected chi connectivity index (χ2v) is 23.8. The van der Waals surface area contributed by atoms with Crippen LogP contribution in [0.1, 0.15) is 158 Å². The van der Waals surface area contributed by atoms with Crippen LogP contribution in [0.15, 0.2) is 84.7 Å². The number of H-pyrrole nitrogens is 2. The molecule has 0 unspecified atom stereocenters. The predicted molar refractivity (Wildman–Crippen MR) is 307 cm³/mol. The highest BCUT2D eigenvalue weighted by molar-refractivity contribution is 6.06. The maximum Gasteiger partial charge on any atom is 0.163 e. The van der Waals surface area contributed by atoms with E-state index in [1.54, 1.807) is 36.4 Å². The molecule has 12 rings (SSSR count).